The van der Waals surface area contributed by atoms with E-state index < -0.39 is 0 Å². The Kier molecular flexibility index (Phi) is 3.60. The zero-order chi connectivity index (χ0) is 17.6. The molecule has 0 aliphatic carbocycles. The quantitative estimate of drug-likeness (QED) is 0.729. The van der Waals surface area contributed by atoms with Crippen molar-refractivity contribution in [2.45, 2.75) is 19.9 Å². The Morgan fingerprint density at radius 1 is 1.24 bits per heavy atom. The van der Waals surface area contributed by atoms with Gasteiger partial charge >= 0.3 is 5.97 Å². The molecule has 2 aromatic heterocycles. The monoisotopic (exact) mass is 338 g/mol. The standard InChI is InChI=1S/C19H18N2O4/c1-11-12(7-9-25-11)18(22)21-8-6-16-15(10-21)13-4-3-5-14(17(13)20-16)19(23)24-2/h3-5,7,9,20H,6,8,10H2,1-2H3. The topological polar surface area (TPSA) is 75.5 Å². The molecule has 0 spiro atoms. The molecule has 1 aromatic carbocycles. The van der Waals surface area contributed by atoms with Crippen molar-refractivity contribution in [2.75, 3.05) is 13.7 Å². The van der Waals surface area contributed by atoms with Gasteiger partial charge < -0.3 is 19.0 Å². The summed E-state index contributed by atoms with van der Waals surface area (Å²) >= 11 is 0. The zero-order valence-corrected chi connectivity index (χ0v) is 14.1. The number of amides is 1. The van der Waals surface area contributed by atoms with Crippen LogP contribution in [0.25, 0.3) is 10.9 Å². The summed E-state index contributed by atoms with van der Waals surface area (Å²) in [5.74, 6) is 0.226. The summed E-state index contributed by atoms with van der Waals surface area (Å²) < 4.78 is 10.1. The Morgan fingerprint density at radius 3 is 2.80 bits per heavy atom. The Hall–Kier alpha value is -3.02. The van der Waals surface area contributed by atoms with Gasteiger partial charge in [0.25, 0.3) is 5.91 Å². The third-order valence-electron chi connectivity index (χ3n) is 4.79. The van der Waals surface area contributed by atoms with Crippen LogP contribution >= 0.6 is 0 Å². The lowest BCUT2D eigenvalue weighted by Crippen LogP contribution is -2.35. The lowest BCUT2D eigenvalue weighted by Gasteiger charge is -2.27. The van der Waals surface area contributed by atoms with Crippen molar-refractivity contribution in [1.82, 2.24) is 9.88 Å². The van der Waals surface area contributed by atoms with Gasteiger partial charge in [0.1, 0.15) is 5.76 Å². The molecule has 0 saturated carbocycles. The molecule has 3 heterocycles. The molecule has 0 fully saturated rings. The number of rotatable bonds is 2. The highest BCUT2D eigenvalue weighted by Gasteiger charge is 2.27. The van der Waals surface area contributed by atoms with Crippen molar-refractivity contribution >= 4 is 22.8 Å². The van der Waals surface area contributed by atoms with E-state index in [4.69, 9.17) is 9.15 Å². The van der Waals surface area contributed by atoms with Crippen molar-refractivity contribution < 1.29 is 18.7 Å². The van der Waals surface area contributed by atoms with Crippen LogP contribution in [-0.4, -0.2) is 35.4 Å². The molecule has 0 unspecified atom stereocenters. The summed E-state index contributed by atoms with van der Waals surface area (Å²) in [5, 5.41) is 0.958. The van der Waals surface area contributed by atoms with Crippen LogP contribution in [0, 0.1) is 6.92 Å². The highest BCUT2D eigenvalue weighted by Crippen LogP contribution is 2.30. The maximum atomic E-state index is 12.8. The summed E-state index contributed by atoms with van der Waals surface area (Å²) in [7, 11) is 1.37. The van der Waals surface area contributed by atoms with Gasteiger partial charge in [-0.15, -0.1) is 0 Å². The fraction of sp³-hybridized carbons (Fsp3) is 0.263. The van der Waals surface area contributed by atoms with Crippen LogP contribution in [0.4, 0.5) is 0 Å². The van der Waals surface area contributed by atoms with Gasteiger partial charge in [-0.25, -0.2) is 4.79 Å². The minimum atomic E-state index is -0.369. The van der Waals surface area contributed by atoms with E-state index >= 15 is 0 Å². The zero-order valence-electron chi connectivity index (χ0n) is 14.1. The molecule has 3 aromatic rings. The lowest BCUT2D eigenvalue weighted by atomic mass is 10.0. The van der Waals surface area contributed by atoms with Crippen LogP contribution in [0.15, 0.2) is 34.9 Å². The number of nitrogens with zero attached hydrogens (tertiary/aromatic N) is 1. The van der Waals surface area contributed by atoms with E-state index in [-0.39, 0.29) is 11.9 Å². The third-order valence-corrected chi connectivity index (χ3v) is 4.79. The Morgan fingerprint density at radius 2 is 2.08 bits per heavy atom. The summed E-state index contributed by atoms with van der Waals surface area (Å²) in [6, 6.07) is 7.25. The normalized spacial score (nSPS) is 13.8. The Labute approximate surface area is 144 Å². The van der Waals surface area contributed by atoms with Crippen LogP contribution in [-0.2, 0) is 17.7 Å². The number of fused-ring (bicyclic) bond motifs is 3. The van der Waals surface area contributed by atoms with E-state index in [0.717, 1.165) is 22.2 Å². The second-order valence-electron chi connectivity index (χ2n) is 6.17. The van der Waals surface area contributed by atoms with Crippen molar-refractivity contribution in [1.29, 1.82) is 0 Å². The van der Waals surface area contributed by atoms with Gasteiger partial charge in [0.2, 0.25) is 0 Å². The Balaban J connectivity index is 1.73. The molecule has 0 bridgehead atoms. The van der Waals surface area contributed by atoms with Crippen LogP contribution < -0.4 is 0 Å². The number of aromatic nitrogens is 1. The minimum absolute atomic E-state index is 0.0321. The number of nitrogens with one attached hydrogen (secondary N) is 1. The van der Waals surface area contributed by atoms with Gasteiger partial charge in [-0.1, -0.05) is 12.1 Å². The molecule has 1 amide bonds. The first-order valence-corrected chi connectivity index (χ1v) is 8.14. The van der Waals surface area contributed by atoms with Gasteiger partial charge in [0.05, 0.1) is 30.0 Å². The van der Waals surface area contributed by atoms with E-state index in [1.165, 1.54) is 13.4 Å². The molecular weight excluding hydrogens is 320 g/mol. The van der Waals surface area contributed by atoms with Gasteiger partial charge in [-0.05, 0) is 19.1 Å². The van der Waals surface area contributed by atoms with Crippen LogP contribution in [0.5, 0.6) is 0 Å². The van der Waals surface area contributed by atoms with Crippen molar-refractivity contribution in [3.63, 3.8) is 0 Å². The average Bonchev–Trinajstić information content (AvgIpc) is 3.23. The van der Waals surface area contributed by atoms with E-state index in [9.17, 15) is 9.59 Å². The number of furan rings is 1. The predicted molar refractivity (Wildman–Crippen MR) is 91.5 cm³/mol. The maximum Gasteiger partial charge on any atom is 0.339 e. The SMILES string of the molecule is COC(=O)c1cccc2c3c([nH]c12)CCN(C(=O)c1ccoc1C)C3. The van der Waals surface area contributed by atoms with E-state index in [0.29, 0.717) is 36.4 Å². The third kappa shape index (κ3) is 2.41. The van der Waals surface area contributed by atoms with Crippen LogP contribution in [0.3, 0.4) is 0 Å². The molecule has 1 aliphatic rings. The number of benzene rings is 1. The molecule has 0 saturated heterocycles. The number of H-pyrrole nitrogens is 1. The van der Waals surface area contributed by atoms with Crippen LogP contribution in [0.2, 0.25) is 0 Å². The van der Waals surface area contributed by atoms with Gasteiger partial charge in [0, 0.05) is 36.2 Å². The number of ether oxygens (including phenoxy) is 1. The van der Waals surface area contributed by atoms with Crippen molar-refractivity contribution in [3.05, 3.63) is 58.7 Å². The lowest BCUT2D eigenvalue weighted by molar-refractivity contribution is 0.0602. The smallest absolute Gasteiger partial charge is 0.339 e. The number of carbonyl (C=O) groups excluding carboxylic acids is 2. The highest BCUT2D eigenvalue weighted by molar-refractivity contribution is 6.04. The van der Waals surface area contributed by atoms with Crippen molar-refractivity contribution in [3.8, 4) is 0 Å². The number of hydrogen-bond acceptors (Lipinski definition) is 4. The fourth-order valence-electron chi connectivity index (χ4n) is 3.47. The molecule has 6 nitrogen and oxygen atoms in total. The summed E-state index contributed by atoms with van der Waals surface area (Å²) in [6.07, 6.45) is 2.25. The number of esters is 1. The predicted octanol–water partition coefficient (Wildman–Crippen LogP) is 3.05. The second kappa shape index (κ2) is 5.81. The maximum absolute atomic E-state index is 12.8. The summed E-state index contributed by atoms with van der Waals surface area (Å²) in [5.41, 5.74) is 4.01. The molecule has 128 valence electrons. The van der Waals surface area contributed by atoms with Gasteiger partial charge in [-0.3, -0.25) is 4.79 Å². The van der Waals surface area contributed by atoms with E-state index in [2.05, 4.69) is 4.98 Å². The Bertz CT molecular complexity index is 983. The molecule has 1 N–H and O–H groups in total. The number of aryl methyl sites for hydroxylation is 1. The summed E-state index contributed by atoms with van der Waals surface area (Å²) in [6.45, 7) is 2.91. The number of para-hydroxylation sites is 1. The van der Waals surface area contributed by atoms with Crippen LogP contribution in [0.1, 0.15) is 37.7 Å². The van der Waals surface area contributed by atoms with Gasteiger partial charge in [0.15, 0.2) is 0 Å². The second-order valence-corrected chi connectivity index (χ2v) is 6.17. The number of carbonyl (C=O) groups is 2. The highest BCUT2D eigenvalue weighted by atomic mass is 16.5. The van der Waals surface area contributed by atoms with Gasteiger partial charge in [-0.2, -0.15) is 0 Å². The number of methoxy groups -OCH3 is 1. The first-order chi connectivity index (χ1) is 12.1. The van der Waals surface area contributed by atoms with E-state index in [1.54, 1.807) is 19.1 Å². The molecule has 1 aliphatic heterocycles. The molecule has 25 heavy (non-hydrogen) atoms. The number of hydrogen-bond donors (Lipinski definition) is 1. The molecular formula is C19H18N2O4. The first kappa shape index (κ1) is 15.5. The first-order valence-electron chi connectivity index (χ1n) is 8.14. The minimum Gasteiger partial charge on any atom is -0.469 e. The average molecular weight is 338 g/mol. The van der Waals surface area contributed by atoms with Crippen molar-refractivity contribution in [2.24, 2.45) is 0 Å². The van der Waals surface area contributed by atoms with E-state index in [1.807, 2.05) is 17.0 Å². The fourth-order valence-corrected chi connectivity index (χ4v) is 3.47. The number of aromatic amines is 1. The summed E-state index contributed by atoms with van der Waals surface area (Å²) in [4.78, 5) is 29.9. The molecule has 4 rings (SSSR count). The molecule has 0 atom stereocenters. The molecule has 0 radical (unpaired) electrons. The largest absolute Gasteiger partial charge is 0.469 e. The molecule has 6 heteroatoms.